The largest absolute Gasteiger partial charge is 0.296 e. The van der Waals surface area contributed by atoms with Crippen LogP contribution in [-0.2, 0) is 6.37 Å². The maximum Gasteiger partial charge on any atom is 0.114 e. The van der Waals surface area contributed by atoms with Gasteiger partial charge in [-0.2, -0.15) is 0 Å². The van der Waals surface area contributed by atoms with E-state index in [0.717, 1.165) is 60.5 Å². The molecule has 0 N–H and O–H groups in total. The lowest BCUT2D eigenvalue weighted by atomic mass is 9.84. The monoisotopic (exact) mass is 632 g/mol. The third-order valence-electron chi connectivity index (χ3n) is 9.40. The van der Waals surface area contributed by atoms with Crippen molar-refractivity contribution in [1.82, 2.24) is 14.5 Å². The number of aromatic nitrogens is 3. The van der Waals surface area contributed by atoms with Gasteiger partial charge in [0.1, 0.15) is 5.82 Å². The van der Waals surface area contributed by atoms with Gasteiger partial charge in [0.05, 0.1) is 16.7 Å². The van der Waals surface area contributed by atoms with Gasteiger partial charge in [0.2, 0.25) is 0 Å². The number of aryl methyl sites for hydroxylation is 1. The van der Waals surface area contributed by atoms with Gasteiger partial charge < -0.3 is 0 Å². The van der Waals surface area contributed by atoms with Crippen molar-refractivity contribution in [3.8, 4) is 50.2 Å². The number of fused-ring (bicyclic) bond motifs is 3. The normalized spacial score (nSPS) is 13.5. The predicted octanol–water partition coefficient (Wildman–Crippen LogP) is 12.0. The van der Waals surface area contributed by atoms with Crippen LogP contribution in [0.15, 0.2) is 170 Å². The average Bonchev–Trinajstić information content (AvgIpc) is 3.60. The lowest BCUT2D eigenvalue weighted by molar-refractivity contribution is 0.909. The summed E-state index contributed by atoms with van der Waals surface area (Å²) in [6, 6.07) is 53.2. The Hall–Kier alpha value is -6.32. The molecular formula is C46H33N3. The molecule has 49 heavy (non-hydrogen) atoms. The zero-order valence-electron chi connectivity index (χ0n) is 31.5. The van der Waals surface area contributed by atoms with E-state index in [0.29, 0.717) is 16.7 Å². The molecule has 0 fully saturated rings. The number of rotatable bonds is 6. The van der Waals surface area contributed by atoms with Gasteiger partial charge in [-0.05, 0) is 79.2 Å². The fraction of sp³-hybridized carbons (Fsp3) is 0.0435. The molecule has 0 amide bonds. The second-order valence-corrected chi connectivity index (χ2v) is 12.1. The number of pyridine rings is 1. The Kier molecular flexibility index (Phi) is 5.88. The van der Waals surface area contributed by atoms with Crippen LogP contribution in [0.25, 0.3) is 82.8 Å². The Morgan fingerprint density at radius 1 is 0.531 bits per heavy atom. The minimum absolute atomic E-state index is 0.157. The molecule has 0 atom stereocenters. The smallest absolute Gasteiger partial charge is 0.114 e. The molecule has 0 spiro atoms. The maximum absolute atomic E-state index is 8.72. The second-order valence-electron chi connectivity index (χ2n) is 12.1. The van der Waals surface area contributed by atoms with Crippen molar-refractivity contribution in [3.05, 3.63) is 176 Å². The molecule has 0 saturated carbocycles. The Labute approximate surface area is 292 Å². The van der Waals surface area contributed by atoms with Crippen molar-refractivity contribution < 1.29 is 6.85 Å². The highest BCUT2D eigenvalue weighted by atomic mass is 15.1. The van der Waals surface area contributed by atoms with E-state index in [9.17, 15) is 0 Å². The van der Waals surface area contributed by atoms with Crippen molar-refractivity contribution in [2.45, 2.75) is 13.2 Å². The molecule has 0 radical (unpaired) electrons. The molecule has 232 valence electrons. The van der Waals surface area contributed by atoms with Crippen LogP contribution in [0.5, 0.6) is 0 Å². The highest BCUT2D eigenvalue weighted by Gasteiger charge is 2.19. The van der Waals surface area contributed by atoms with E-state index in [1.54, 1.807) is 16.8 Å². The summed E-state index contributed by atoms with van der Waals surface area (Å²) in [7, 11) is 0. The molecule has 0 aliphatic rings. The third-order valence-corrected chi connectivity index (χ3v) is 9.40. The third kappa shape index (κ3) is 4.82. The minimum Gasteiger partial charge on any atom is -0.296 e. The second kappa shape index (κ2) is 12.0. The van der Waals surface area contributed by atoms with Crippen LogP contribution in [0.3, 0.4) is 0 Å². The molecule has 9 rings (SSSR count). The molecule has 2 aromatic heterocycles. The molecule has 0 aliphatic carbocycles. The van der Waals surface area contributed by atoms with Crippen LogP contribution in [0.1, 0.15) is 19.5 Å². The quantitative estimate of drug-likeness (QED) is 0.171. The summed E-state index contributed by atoms with van der Waals surface area (Å²) in [6.45, 7) is -2.93. The topological polar surface area (TPSA) is 30.7 Å². The van der Waals surface area contributed by atoms with Gasteiger partial charge in [-0.1, -0.05) is 140 Å². The van der Waals surface area contributed by atoms with E-state index < -0.39 is 13.2 Å². The summed E-state index contributed by atoms with van der Waals surface area (Å²) in [5, 5.41) is 4.59. The van der Waals surface area contributed by atoms with Gasteiger partial charge in [0, 0.05) is 36.7 Å². The van der Waals surface area contributed by atoms with Gasteiger partial charge in [-0.15, -0.1) is 0 Å². The fourth-order valence-corrected chi connectivity index (χ4v) is 7.29. The molecule has 0 aliphatic heterocycles. The van der Waals surface area contributed by atoms with Gasteiger partial charge in [0.15, 0.2) is 0 Å². The van der Waals surface area contributed by atoms with Crippen LogP contribution >= 0.6 is 0 Å². The van der Waals surface area contributed by atoms with Crippen molar-refractivity contribution in [1.29, 1.82) is 0 Å². The van der Waals surface area contributed by atoms with E-state index in [1.807, 2.05) is 54.7 Å². The van der Waals surface area contributed by atoms with E-state index in [4.69, 9.17) is 6.85 Å². The Morgan fingerprint density at radius 3 is 1.82 bits per heavy atom. The predicted molar refractivity (Wildman–Crippen MR) is 205 cm³/mol. The first-order valence-electron chi connectivity index (χ1n) is 18.8. The first-order valence-corrected chi connectivity index (χ1v) is 16.3. The molecule has 9 aromatic rings. The van der Waals surface area contributed by atoms with Crippen LogP contribution in [0.4, 0.5) is 0 Å². The van der Waals surface area contributed by atoms with Crippen molar-refractivity contribution in [2.24, 2.45) is 0 Å². The zero-order chi connectivity index (χ0) is 37.0. The number of para-hydroxylation sites is 3. The molecule has 2 heterocycles. The standard InChI is InChI=1S/C46H33N3/c1-2-44-48-41-22-10-12-24-43(41)49(44)42-23-11-9-16-35(42)31-25-27-32(28-26-31)45-37-18-5-7-20-39(37)46(40-21-8-6-19-38(40)45)36-17-4-3-15-34(36)33-14-13-29-47-30-33/h3-30H,2H2,1H3/i1D3,2D2. The van der Waals surface area contributed by atoms with E-state index in [-0.39, 0.29) is 5.82 Å². The minimum atomic E-state index is -2.93. The number of hydrogen-bond acceptors (Lipinski definition) is 2. The molecule has 0 saturated heterocycles. The first kappa shape index (κ1) is 23.9. The molecule has 0 bridgehead atoms. The Balaban J connectivity index is 1.22. The van der Waals surface area contributed by atoms with E-state index in [1.165, 1.54) is 5.56 Å². The van der Waals surface area contributed by atoms with Crippen molar-refractivity contribution in [2.75, 3.05) is 0 Å². The van der Waals surface area contributed by atoms with E-state index in [2.05, 4.69) is 113 Å². The average molecular weight is 633 g/mol. The van der Waals surface area contributed by atoms with Gasteiger partial charge in [0.25, 0.3) is 0 Å². The molecule has 3 nitrogen and oxygen atoms in total. The summed E-state index contributed by atoms with van der Waals surface area (Å²) in [4.78, 5) is 8.97. The Morgan fingerprint density at radius 2 is 1.12 bits per heavy atom. The van der Waals surface area contributed by atoms with Crippen LogP contribution < -0.4 is 0 Å². The number of nitrogens with zero attached hydrogens (tertiary/aromatic N) is 3. The van der Waals surface area contributed by atoms with Gasteiger partial charge in [-0.25, -0.2) is 4.98 Å². The highest BCUT2D eigenvalue weighted by Crippen LogP contribution is 2.46. The molecular weight excluding hydrogens is 595 g/mol. The summed E-state index contributed by atoms with van der Waals surface area (Å²) in [5.41, 5.74) is 10.2. The lowest BCUT2D eigenvalue weighted by Gasteiger charge is -2.20. The number of benzene rings is 7. The fourth-order valence-electron chi connectivity index (χ4n) is 7.29. The number of imidazole rings is 1. The highest BCUT2D eigenvalue weighted by molar-refractivity contribution is 6.22. The van der Waals surface area contributed by atoms with Gasteiger partial charge in [-0.3, -0.25) is 9.55 Å². The lowest BCUT2D eigenvalue weighted by Crippen LogP contribution is -2.02. The summed E-state index contributed by atoms with van der Waals surface area (Å²) >= 11 is 0. The van der Waals surface area contributed by atoms with Crippen LogP contribution in [0.2, 0.25) is 0 Å². The first-order chi connectivity index (χ1) is 26.2. The van der Waals surface area contributed by atoms with E-state index >= 15 is 0 Å². The number of hydrogen-bond donors (Lipinski definition) is 0. The van der Waals surface area contributed by atoms with Crippen LogP contribution in [0, 0.1) is 0 Å². The Bertz CT molecular complexity index is 2780. The molecule has 0 unspecified atom stereocenters. The molecule has 7 aromatic carbocycles. The SMILES string of the molecule is [2H]C([2H])([2H])C([2H])([2H])c1nc2ccccc2n1-c1ccccc1-c1ccc(-c2c3ccccc3c(-c3ccccc3-c3cccnc3)c3ccccc23)cc1. The van der Waals surface area contributed by atoms with Gasteiger partial charge >= 0.3 is 0 Å². The zero-order valence-corrected chi connectivity index (χ0v) is 26.5. The summed E-state index contributed by atoms with van der Waals surface area (Å²) in [6.07, 6.45) is 1.01. The molecule has 3 heteroatoms. The summed E-state index contributed by atoms with van der Waals surface area (Å²) < 4.78 is 43.3. The van der Waals surface area contributed by atoms with Crippen LogP contribution in [-0.4, -0.2) is 14.5 Å². The summed E-state index contributed by atoms with van der Waals surface area (Å²) in [5.74, 6) is -0.157. The van der Waals surface area contributed by atoms with Crippen molar-refractivity contribution >= 4 is 32.6 Å². The van der Waals surface area contributed by atoms with Crippen molar-refractivity contribution in [3.63, 3.8) is 0 Å². The maximum atomic E-state index is 8.72.